The molecule has 6 nitrogen and oxygen atoms in total. The molecule has 0 heterocycles. The van der Waals surface area contributed by atoms with Gasteiger partial charge in [0.1, 0.15) is 12.6 Å². The Morgan fingerprint density at radius 1 is 1.00 bits per heavy atom. The summed E-state index contributed by atoms with van der Waals surface area (Å²) in [4.78, 5) is 25.4. The van der Waals surface area contributed by atoms with Gasteiger partial charge in [0.15, 0.2) is 0 Å². The number of esters is 1. The summed E-state index contributed by atoms with van der Waals surface area (Å²) in [7, 11) is 3.09. The fraction of sp³-hybridized carbons (Fsp3) is 0.875. The van der Waals surface area contributed by atoms with Crippen LogP contribution in [0.15, 0.2) is 0 Å². The van der Waals surface area contributed by atoms with E-state index in [0.29, 0.717) is 13.2 Å². The summed E-state index contributed by atoms with van der Waals surface area (Å²) in [5, 5.41) is 0. The second-order valence-corrected chi connectivity index (χ2v) is 5.64. The topological polar surface area (TPSA) is 65.1 Å². The third kappa shape index (κ3) is 8.22. The predicted molar refractivity (Wildman–Crippen MR) is 84.7 cm³/mol. The zero-order chi connectivity index (χ0) is 17.0. The minimum atomic E-state index is -0.638. The molecule has 0 aromatic carbocycles. The van der Waals surface area contributed by atoms with Crippen LogP contribution in [0.3, 0.4) is 0 Å². The van der Waals surface area contributed by atoms with E-state index in [0.717, 1.165) is 25.7 Å². The molecule has 130 valence electrons. The van der Waals surface area contributed by atoms with Gasteiger partial charge in [-0.05, 0) is 12.3 Å². The molecule has 0 aromatic heterocycles. The lowest BCUT2D eigenvalue weighted by Gasteiger charge is -2.28. The van der Waals surface area contributed by atoms with Crippen molar-refractivity contribution in [2.45, 2.75) is 52.5 Å². The summed E-state index contributed by atoms with van der Waals surface area (Å²) >= 11 is 0. The molecule has 1 atom stereocenters. The summed E-state index contributed by atoms with van der Waals surface area (Å²) in [6.45, 7) is 6.77. The van der Waals surface area contributed by atoms with Crippen molar-refractivity contribution < 1.29 is 23.8 Å². The first-order valence-corrected chi connectivity index (χ1v) is 8.00. The van der Waals surface area contributed by atoms with E-state index < -0.39 is 12.1 Å². The SMILES string of the molecule is CCCCCCOC(=O)C(C(C)C)N(C)C(=O)OCCOC. The van der Waals surface area contributed by atoms with Crippen LogP contribution in [0.1, 0.15) is 46.5 Å². The quantitative estimate of drug-likeness (QED) is 0.433. The first-order chi connectivity index (χ1) is 10.5. The van der Waals surface area contributed by atoms with Gasteiger partial charge in [-0.25, -0.2) is 9.59 Å². The first-order valence-electron chi connectivity index (χ1n) is 8.00. The molecule has 0 saturated carbocycles. The maximum atomic E-state index is 12.2. The Labute approximate surface area is 134 Å². The fourth-order valence-electron chi connectivity index (χ4n) is 2.09. The molecular weight excluding hydrogens is 286 g/mol. The minimum Gasteiger partial charge on any atom is -0.464 e. The van der Waals surface area contributed by atoms with Crippen molar-refractivity contribution in [3.05, 3.63) is 0 Å². The molecule has 6 heteroatoms. The summed E-state index contributed by atoms with van der Waals surface area (Å²) in [6.07, 6.45) is 3.63. The van der Waals surface area contributed by atoms with Crippen LogP contribution in [0.25, 0.3) is 0 Å². The number of ether oxygens (including phenoxy) is 3. The summed E-state index contributed by atoms with van der Waals surface area (Å²) in [5.41, 5.74) is 0. The van der Waals surface area contributed by atoms with Gasteiger partial charge < -0.3 is 14.2 Å². The van der Waals surface area contributed by atoms with E-state index in [1.807, 2.05) is 13.8 Å². The second kappa shape index (κ2) is 12.3. The molecule has 0 rings (SSSR count). The molecule has 0 radical (unpaired) electrons. The van der Waals surface area contributed by atoms with Crippen molar-refractivity contribution in [1.82, 2.24) is 4.90 Å². The number of unbranched alkanes of at least 4 members (excludes halogenated alkanes) is 3. The van der Waals surface area contributed by atoms with Gasteiger partial charge >= 0.3 is 12.1 Å². The van der Waals surface area contributed by atoms with Gasteiger partial charge in [0.05, 0.1) is 13.2 Å². The van der Waals surface area contributed by atoms with Crippen molar-refractivity contribution >= 4 is 12.1 Å². The van der Waals surface area contributed by atoms with E-state index in [-0.39, 0.29) is 18.5 Å². The van der Waals surface area contributed by atoms with E-state index in [1.165, 1.54) is 12.0 Å². The van der Waals surface area contributed by atoms with Gasteiger partial charge in [0.2, 0.25) is 0 Å². The standard InChI is InChI=1S/C16H31NO5/c1-6-7-8-9-10-21-15(18)14(13(2)3)17(4)16(19)22-12-11-20-5/h13-14H,6-12H2,1-5H3. The smallest absolute Gasteiger partial charge is 0.410 e. The van der Waals surface area contributed by atoms with Crippen LogP contribution in [-0.2, 0) is 19.0 Å². The highest BCUT2D eigenvalue weighted by Crippen LogP contribution is 2.13. The van der Waals surface area contributed by atoms with Crippen LogP contribution in [0.2, 0.25) is 0 Å². The molecule has 0 aliphatic rings. The zero-order valence-electron chi connectivity index (χ0n) is 14.6. The number of carbonyl (C=O) groups excluding carboxylic acids is 2. The van der Waals surface area contributed by atoms with Gasteiger partial charge in [-0.1, -0.05) is 40.0 Å². The van der Waals surface area contributed by atoms with Crippen LogP contribution < -0.4 is 0 Å². The molecule has 1 amide bonds. The number of carbonyl (C=O) groups is 2. The van der Waals surface area contributed by atoms with Crippen molar-refractivity contribution in [2.75, 3.05) is 34.0 Å². The molecular formula is C16H31NO5. The van der Waals surface area contributed by atoms with Crippen molar-refractivity contribution in [2.24, 2.45) is 5.92 Å². The zero-order valence-corrected chi connectivity index (χ0v) is 14.6. The Morgan fingerprint density at radius 3 is 2.23 bits per heavy atom. The van der Waals surface area contributed by atoms with Crippen molar-refractivity contribution in [3.63, 3.8) is 0 Å². The highest BCUT2D eigenvalue weighted by molar-refractivity contribution is 5.81. The van der Waals surface area contributed by atoms with E-state index in [2.05, 4.69) is 6.92 Å². The first kappa shape index (κ1) is 20.7. The van der Waals surface area contributed by atoms with E-state index in [4.69, 9.17) is 14.2 Å². The number of likely N-dealkylation sites (N-methyl/N-ethyl adjacent to an activating group) is 1. The highest BCUT2D eigenvalue weighted by Gasteiger charge is 2.32. The number of methoxy groups -OCH3 is 1. The van der Waals surface area contributed by atoms with Crippen LogP contribution in [0.5, 0.6) is 0 Å². The molecule has 0 bridgehead atoms. The molecule has 0 aromatic rings. The second-order valence-electron chi connectivity index (χ2n) is 5.64. The third-order valence-electron chi connectivity index (χ3n) is 3.33. The molecule has 0 aliphatic carbocycles. The summed E-state index contributed by atoms with van der Waals surface area (Å²) < 4.78 is 15.2. The lowest BCUT2D eigenvalue weighted by Crippen LogP contribution is -2.47. The maximum Gasteiger partial charge on any atom is 0.410 e. The van der Waals surface area contributed by atoms with Crippen LogP contribution in [-0.4, -0.2) is 57.0 Å². The van der Waals surface area contributed by atoms with Gasteiger partial charge in [0, 0.05) is 14.2 Å². The van der Waals surface area contributed by atoms with Gasteiger partial charge in [0.25, 0.3) is 0 Å². The molecule has 22 heavy (non-hydrogen) atoms. The summed E-state index contributed by atoms with van der Waals surface area (Å²) in [5.74, 6) is -0.430. The Morgan fingerprint density at radius 2 is 1.68 bits per heavy atom. The van der Waals surface area contributed by atoms with Crippen LogP contribution >= 0.6 is 0 Å². The van der Waals surface area contributed by atoms with Gasteiger partial charge in [-0.3, -0.25) is 4.90 Å². The van der Waals surface area contributed by atoms with E-state index >= 15 is 0 Å². The average Bonchev–Trinajstić information content (AvgIpc) is 2.46. The highest BCUT2D eigenvalue weighted by atomic mass is 16.6. The molecule has 0 aliphatic heterocycles. The number of hydrogen-bond acceptors (Lipinski definition) is 5. The largest absolute Gasteiger partial charge is 0.464 e. The molecule has 0 saturated heterocycles. The Bertz CT molecular complexity index is 320. The van der Waals surface area contributed by atoms with Crippen LogP contribution in [0, 0.1) is 5.92 Å². The summed E-state index contributed by atoms with van der Waals surface area (Å²) in [6, 6.07) is -0.638. The van der Waals surface area contributed by atoms with Gasteiger partial charge in [-0.15, -0.1) is 0 Å². The molecule has 0 N–H and O–H groups in total. The number of hydrogen-bond donors (Lipinski definition) is 0. The van der Waals surface area contributed by atoms with Crippen molar-refractivity contribution in [1.29, 1.82) is 0 Å². The van der Waals surface area contributed by atoms with Crippen LogP contribution in [0.4, 0.5) is 4.79 Å². The van der Waals surface area contributed by atoms with E-state index in [1.54, 1.807) is 7.05 Å². The van der Waals surface area contributed by atoms with Gasteiger partial charge in [-0.2, -0.15) is 0 Å². The number of rotatable bonds is 11. The predicted octanol–water partition coefficient (Wildman–Crippen LogP) is 2.85. The Hall–Kier alpha value is -1.30. The Kier molecular flexibility index (Phi) is 11.5. The average molecular weight is 317 g/mol. The molecule has 0 fully saturated rings. The molecule has 1 unspecified atom stereocenters. The minimum absolute atomic E-state index is 0.0527. The lowest BCUT2D eigenvalue weighted by atomic mass is 10.0. The number of amides is 1. The fourth-order valence-corrected chi connectivity index (χ4v) is 2.09. The van der Waals surface area contributed by atoms with E-state index in [9.17, 15) is 9.59 Å². The maximum absolute atomic E-state index is 12.2. The normalized spacial score (nSPS) is 12.1. The Balaban J connectivity index is 4.37. The third-order valence-corrected chi connectivity index (χ3v) is 3.33. The lowest BCUT2D eigenvalue weighted by molar-refractivity contribution is -0.150. The monoisotopic (exact) mass is 317 g/mol. The number of nitrogens with zero attached hydrogens (tertiary/aromatic N) is 1. The van der Waals surface area contributed by atoms with Crippen molar-refractivity contribution in [3.8, 4) is 0 Å². The molecule has 0 spiro atoms.